The number of hydrogen-bond acceptors (Lipinski definition) is 4. The lowest BCUT2D eigenvalue weighted by Gasteiger charge is -2.13. The summed E-state index contributed by atoms with van der Waals surface area (Å²) >= 11 is 0. The molecule has 1 aliphatic rings. The van der Waals surface area contributed by atoms with E-state index in [2.05, 4.69) is 24.1 Å². The van der Waals surface area contributed by atoms with E-state index < -0.39 is 0 Å². The Morgan fingerprint density at radius 3 is 2.30 bits per heavy atom. The molecule has 158 valence electrons. The van der Waals surface area contributed by atoms with E-state index in [0.29, 0.717) is 12.5 Å². The van der Waals surface area contributed by atoms with E-state index in [1.165, 1.54) is 64.2 Å². The summed E-state index contributed by atoms with van der Waals surface area (Å²) in [4.78, 5) is 4.34. The van der Waals surface area contributed by atoms with Crippen LogP contribution in [0.4, 0.5) is 0 Å². The molecule has 0 bridgehead atoms. The minimum Gasteiger partial charge on any atom is -0.479 e. The molecule has 4 nitrogen and oxygen atoms in total. The van der Waals surface area contributed by atoms with Crippen molar-refractivity contribution in [2.45, 2.75) is 103 Å². The van der Waals surface area contributed by atoms with Gasteiger partial charge in [-0.2, -0.15) is 0 Å². The monoisotopic (exact) mass is 381 g/mol. The zero-order valence-corrected chi connectivity index (χ0v) is 17.6. The second-order valence-corrected chi connectivity index (χ2v) is 7.92. The minimum atomic E-state index is -0.0669. The first-order valence-corrected chi connectivity index (χ1v) is 11.4. The van der Waals surface area contributed by atoms with Gasteiger partial charge in [-0.15, -0.1) is 0 Å². The fraction of sp³-hybridized carbons (Fsp3) is 0.870. The maximum Gasteiger partial charge on any atom is 0.183 e. The average molecular weight is 382 g/mol. The number of hydrogen-bond donors (Lipinski definition) is 2. The highest BCUT2D eigenvalue weighted by molar-refractivity contribution is 5.77. The first-order valence-electron chi connectivity index (χ1n) is 11.4. The van der Waals surface area contributed by atoms with Gasteiger partial charge in [0, 0.05) is 13.0 Å². The summed E-state index contributed by atoms with van der Waals surface area (Å²) in [5.74, 6) is 1.17. The van der Waals surface area contributed by atoms with Gasteiger partial charge in [0.05, 0.1) is 6.61 Å². The van der Waals surface area contributed by atoms with E-state index in [1.54, 1.807) is 0 Å². The highest BCUT2D eigenvalue weighted by Gasteiger charge is 2.17. The van der Waals surface area contributed by atoms with E-state index in [-0.39, 0.29) is 19.3 Å². The molecule has 2 unspecified atom stereocenters. The first kappa shape index (κ1) is 24.2. The zero-order chi connectivity index (χ0) is 19.6. The van der Waals surface area contributed by atoms with Gasteiger partial charge in [0.25, 0.3) is 0 Å². The van der Waals surface area contributed by atoms with Crippen molar-refractivity contribution in [3.8, 4) is 0 Å². The molecule has 0 radical (unpaired) electrons. The lowest BCUT2D eigenvalue weighted by Crippen LogP contribution is -2.10. The van der Waals surface area contributed by atoms with E-state index in [0.717, 1.165) is 31.6 Å². The van der Waals surface area contributed by atoms with Gasteiger partial charge in [0.2, 0.25) is 0 Å². The molecule has 0 aromatic rings. The molecule has 0 amide bonds. The second kappa shape index (κ2) is 17.2. The van der Waals surface area contributed by atoms with Crippen molar-refractivity contribution < 1.29 is 14.9 Å². The summed E-state index contributed by atoms with van der Waals surface area (Å²) < 4.78 is 5.47. The van der Waals surface area contributed by atoms with E-state index >= 15 is 0 Å². The van der Waals surface area contributed by atoms with Crippen LogP contribution in [-0.2, 0) is 4.74 Å². The van der Waals surface area contributed by atoms with Gasteiger partial charge in [-0.25, -0.2) is 4.99 Å². The summed E-state index contributed by atoms with van der Waals surface area (Å²) in [6, 6.07) is -0.0669. The smallest absolute Gasteiger partial charge is 0.183 e. The summed E-state index contributed by atoms with van der Waals surface area (Å²) in [6.45, 7) is 3.12. The number of aliphatic hydroxyl groups is 2. The molecule has 0 saturated carbocycles. The molecule has 4 heteroatoms. The van der Waals surface area contributed by atoms with Crippen molar-refractivity contribution in [1.29, 1.82) is 0 Å². The molecule has 0 saturated heterocycles. The molecule has 1 rings (SSSR count). The SMILES string of the molecule is CCCCCCCCC=CCCCCC(CO)CCCC1=NC(CO)CO1. The Hall–Kier alpha value is -0.870. The van der Waals surface area contributed by atoms with Gasteiger partial charge in [-0.1, -0.05) is 57.6 Å². The van der Waals surface area contributed by atoms with Gasteiger partial charge in [0.1, 0.15) is 12.6 Å². The van der Waals surface area contributed by atoms with Crippen molar-refractivity contribution in [3.05, 3.63) is 12.2 Å². The third kappa shape index (κ3) is 13.0. The second-order valence-electron chi connectivity index (χ2n) is 7.92. The lowest BCUT2D eigenvalue weighted by molar-refractivity contribution is 0.204. The number of aliphatic imine (C=N–C) groups is 1. The van der Waals surface area contributed by atoms with Crippen LogP contribution in [0.15, 0.2) is 17.1 Å². The molecule has 2 atom stereocenters. The van der Waals surface area contributed by atoms with Crippen molar-refractivity contribution in [2.24, 2.45) is 10.9 Å². The van der Waals surface area contributed by atoms with Gasteiger partial charge in [0.15, 0.2) is 5.90 Å². The molecule has 0 fully saturated rings. The quantitative estimate of drug-likeness (QED) is 0.246. The number of ether oxygens (including phenoxy) is 1. The predicted molar refractivity (Wildman–Crippen MR) is 114 cm³/mol. The number of rotatable bonds is 18. The lowest BCUT2D eigenvalue weighted by atomic mass is 9.96. The third-order valence-corrected chi connectivity index (χ3v) is 5.37. The molecule has 0 aromatic carbocycles. The van der Waals surface area contributed by atoms with Crippen LogP contribution in [0.25, 0.3) is 0 Å². The number of unbranched alkanes of at least 4 members (excludes halogenated alkanes) is 8. The molecule has 0 spiro atoms. The minimum absolute atomic E-state index is 0.0656. The Labute approximate surface area is 167 Å². The Kier molecular flexibility index (Phi) is 15.4. The van der Waals surface area contributed by atoms with Crippen LogP contribution < -0.4 is 0 Å². The highest BCUT2D eigenvalue weighted by atomic mass is 16.5. The van der Waals surface area contributed by atoms with Crippen LogP contribution in [0.1, 0.15) is 96.8 Å². The van der Waals surface area contributed by atoms with Crippen molar-refractivity contribution in [1.82, 2.24) is 0 Å². The molecule has 2 N–H and O–H groups in total. The molecule has 0 aromatic heterocycles. The van der Waals surface area contributed by atoms with Crippen LogP contribution in [0.2, 0.25) is 0 Å². The number of aliphatic hydroxyl groups excluding tert-OH is 2. The van der Waals surface area contributed by atoms with E-state index in [4.69, 9.17) is 9.84 Å². The van der Waals surface area contributed by atoms with Gasteiger partial charge < -0.3 is 14.9 Å². The standard InChI is InChI=1S/C23H43NO3/c1-2-3-4-5-6-7-8-9-10-11-12-13-15-21(18-25)16-14-17-23-24-22(19-26)20-27-23/h9-10,21-22,25-26H,2-8,11-20H2,1H3. The summed E-state index contributed by atoms with van der Waals surface area (Å²) in [6.07, 6.45) is 21.7. The molecular formula is C23H43NO3. The summed E-state index contributed by atoms with van der Waals surface area (Å²) in [5.41, 5.74) is 0. The van der Waals surface area contributed by atoms with Crippen molar-refractivity contribution in [3.63, 3.8) is 0 Å². The van der Waals surface area contributed by atoms with Crippen molar-refractivity contribution >= 4 is 5.90 Å². The Balaban J connectivity index is 1.94. The molecule has 1 heterocycles. The van der Waals surface area contributed by atoms with Gasteiger partial charge in [-0.05, 0) is 50.9 Å². The van der Waals surface area contributed by atoms with Crippen LogP contribution in [0.3, 0.4) is 0 Å². The average Bonchev–Trinajstić information content (AvgIpc) is 3.15. The molecular weight excluding hydrogens is 338 g/mol. The van der Waals surface area contributed by atoms with Gasteiger partial charge in [-0.3, -0.25) is 0 Å². The number of nitrogens with zero attached hydrogens (tertiary/aromatic N) is 1. The maximum absolute atomic E-state index is 9.57. The Morgan fingerprint density at radius 2 is 1.63 bits per heavy atom. The number of allylic oxidation sites excluding steroid dienone is 2. The summed E-state index contributed by atoms with van der Waals surface area (Å²) in [7, 11) is 0. The zero-order valence-electron chi connectivity index (χ0n) is 17.6. The van der Waals surface area contributed by atoms with E-state index in [1.807, 2.05) is 0 Å². The largest absolute Gasteiger partial charge is 0.479 e. The summed E-state index contributed by atoms with van der Waals surface area (Å²) in [5, 5.41) is 18.6. The van der Waals surface area contributed by atoms with Crippen molar-refractivity contribution in [2.75, 3.05) is 19.8 Å². The normalized spacial score (nSPS) is 18.0. The Bertz CT molecular complexity index is 395. The van der Waals surface area contributed by atoms with Crippen LogP contribution in [-0.4, -0.2) is 42.0 Å². The maximum atomic E-state index is 9.57. The van der Waals surface area contributed by atoms with Crippen LogP contribution >= 0.6 is 0 Å². The predicted octanol–water partition coefficient (Wildman–Crippen LogP) is 5.42. The van der Waals surface area contributed by atoms with Gasteiger partial charge >= 0.3 is 0 Å². The highest BCUT2D eigenvalue weighted by Crippen LogP contribution is 2.18. The first-order chi connectivity index (χ1) is 13.3. The molecule has 1 aliphatic heterocycles. The van der Waals surface area contributed by atoms with Crippen LogP contribution in [0.5, 0.6) is 0 Å². The fourth-order valence-electron chi connectivity index (χ4n) is 3.54. The molecule has 0 aliphatic carbocycles. The molecule has 27 heavy (non-hydrogen) atoms. The topological polar surface area (TPSA) is 62.1 Å². The Morgan fingerprint density at radius 1 is 0.963 bits per heavy atom. The third-order valence-electron chi connectivity index (χ3n) is 5.37. The van der Waals surface area contributed by atoms with Crippen LogP contribution in [0, 0.1) is 5.92 Å². The fourth-order valence-corrected chi connectivity index (χ4v) is 3.54. The van der Waals surface area contributed by atoms with E-state index in [9.17, 15) is 5.11 Å².